The van der Waals surface area contributed by atoms with Gasteiger partial charge in [0.25, 0.3) is 0 Å². The number of methoxy groups -OCH3 is 1. The first-order chi connectivity index (χ1) is 12.2. The maximum atomic E-state index is 12.4. The first-order valence-corrected chi connectivity index (χ1v) is 7.94. The molecule has 1 fully saturated rings. The van der Waals surface area contributed by atoms with Gasteiger partial charge < -0.3 is 14.2 Å². The molecule has 0 radical (unpaired) electrons. The lowest BCUT2D eigenvalue weighted by atomic mass is 10.1. The van der Waals surface area contributed by atoms with Crippen LogP contribution in [0.2, 0.25) is 0 Å². The Morgan fingerprint density at radius 2 is 2.04 bits per heavy atom. The minimum absolute atomic E-state index is 0.0350. The number of hydrogen-bond donors (Lipinski definition) is 0. The highest BCUT2D eigenvalue weighted by Crippen LogP contribution is 2.32. The number of hydrogen-bond acceptors (Lipinski definition) is 6. The van der Waals surface area contributed by atoms with Crippen LogP contribution in [0.1, 0.15) is 18.2 Å². The Morgan fingerprint density at radius 3 is 2.76 bits per heavy atom. The Hall–Kier alpha value is -3.22. The molecule has 7 heteroatoms. The van der Waals surface area contributed by atoms with E-state index in [0.717, 1.165) is 11.4 Å². The normalized spacial score (nSPS) is 17.1. The van der Waals surface area contributed by atoms with Crippen LogP contribution in [0.3, 0.4) is 0 Å². The lowest BCUT2D eigenvalue weighted by Crippen LogP contribution is -2.24. The van der Waals surface area contributed by atoms with Crippen molar-refractivity contribution in [2.24, 2.45) is 0 Å². The fourth-order valence-electron chi connectivity index (χ4n) is 2.88. The summed E-state index contributed by atoms with van der Waals surface area (Å²) < 4.78 is 10.5. The van der Waals surface area contributed by atoms with Crippen molar-refractivity contribution in [2.45, 2.75) is 12.3 Å². The number of pyridine rings is 1. The van der Waals surface area contributed by atoms with E-state index in [1.165, 1.54) is 0 Å². The van der Waals surface area contributed by atoms with Crippen molar-refractivity contribution >= 4 is 11.6 Å². The maximum absolute atomic E-state index is 12.4. The zero-order chi connectivity index (χ0) is 17.2. The van der Waals surface area contributed by atoms with Crippen LogP contribution in [0.15, 0.2) is 53.2 Å². The quantitative estimate of drug-likeness (QED) is 0.728. The van der Waals surface area contributed by atoms with Gasteiger partial charge in [-0.05, 0) is 36.4 Å². The lowest BCUT2D eigenvalue weighted by molar-refractivity contribution is -0.117. The number of rotatable bonds is 4. The summed E-state index contributed by atoms with van der Waals surface area (Å²) in [5.74, 6) is 1.56. The highest BCUT2D eigenvalue weighted by molar-refractivity contribution is 5.96. The Labute approximate surface area is 144 Å². The Balaban J connectivity index is 1.53. The molecule has 1 atom stereocenters. The van der Waals surface area contributed by atoms with Gasteiger partial charge in [0, 0.05) is 24.8 Å². The Kier molecular flexibility index (Phi) is 3.89. The summed E-state index contributed by atoms with van der Waals surface area (Å²) >= 11 is 0. The minimum Gasteiger partial charge on any atom is -0.497 e. The number of ether oxygens (including phenoxy) is 1. The van der Waals surface area contributed by atoms with Gasteiger partial charge in [-0.2, -0.15) is 4.98 Å². The number of amides is 1. The molecule has 0 unspecified atom stereocenters. The van der Waals surface area contributed by atoms with Crippen LogP contribution in [-0.2, 0) is 4.79 Å². The molecule has 0 spiro atoms. The molecular weight excluding hydrogens is 320 g/mol. The molecule has 0 N–H and O–H groups in total. The van der Waals surface area contributed by atoms with Gasteiger partial charge in [-0.15, -0.1) is 0 Å². The van der Waals surface area contributed by atoms with Crippen LogP contribution in [-0.4, -0.2) is 34.7 Å². The van der Waals surface area contributed by atoms with Crippen LogP contribution < -0.4 is 9.64 Å². The molecule has 7 nitrogen and oxygen atoms in total. The van der Waals surface area contributed by atoms with Crippen molar-refractivity contribution in [3.63, 3.8) is 0 Å². The second-order valence-electron chi connectivity index (χ2n) is 5.77. The first kappa shape index (κ1) is 15.3. The molecule has 1 amide bonds. The van der Waals surface area contributed by atoms with Crippen molar-refractivity contribution in [1.82, 2.24) is 15.1 Å². The van der Waals surface area contributed by atoms with Crippen LogP contribution in [0.4, 0.5) is 5.69 Å². The fraction of sp³-hybridized carbons (Fsp3) is 0.222. The summed E-state index contributed by atoms with van der Waals surface area (Å²) in [7, 11) is 1.61. The van der Waals surface area contributed by atoms with Gasteiger partial charge in [0.2, 0.25) is 17.6 Å². The summed E-state index contributed by atoms with van der Waals surface area (Å²) in [5, 5.41) is 3.98. The van der Waals surface area contributed by atoms with E-state index in [9.17, 15) is 4.79 Å². The first-order valence-electron chi connectivity index (χ1n) is 7.94. The minimum atomic E-state index is -0.125. The molecule has 4 rings (SSSR count). The second-order valence-corrected chi connectivity index (χ2v) is 5.77. The molecule has 1 aromatic carbocycles. The predicted molar refractivity (Wildman–Crippen MR) is 90.2 cm³/mol. The Bertz CT molecular complexity index is 877. The summed E-state index contributed by atoms with van der Waals surface area (Å²) in [6.45, 7) is 0.509. The molecule has 3 heterocycles. The molecule has 0 saturated carbocycles. The van der Waals surface area contributed by atoms with Crippen LogP contribution in [0.5, 0.6) is 5.75 Å². The van der Waals surface area contributed by atoms with Crippen LogP contribution >= 0.6 is 0 Å². The van der Waals surface area contributed by atoms with Crippen molar-refractivity contribution in [3.8, 4) is 17.3 Å². The van der Waals surface area contributed by atoms with Crippen LogP contribution in [0, 0.1) is 0 Å². The summed E-state index contributed by atoms with van der Waals surface area (Å²) in [6.07, 6.45) is 2.02. The summed E-state index contributed by atoms with van der Waals surface area (Å²) in [6, 6.07) is 12.9. The average Bonchev–Trinajstić information content (AvgIpc) is 3.29. The third-order valence-electron chi connectivity index (χ3n) is 4.19. The van der Waals surface area contributed by atoms with E-state index in [-0.39, 0.29) is 11.8 Å². The number of aromatic nitrogens is 3. The number of anilines is 1. The van der Waals surface area contributed by atoms with Gasteiger partial charge in [-0.1, -0.05) is 11.2 Å². The second kappa shape index (κ2) is 6.35. The molecule has 3 aromatic rings. The van der Waals surface area contributed by atoms with E-state index in [1.807, 2.05) is 42.5 Å². The highest BCUT2D eigenvalue weighted by atomic mass is 16.5. The Morgan fingerprint density at radius 1 is 1.20 bits per heavy atom. The van der Waals surface area contributed by atoms with Gasteiger partial charge in [0.15, 0.2) is 0 Å². The summed E-state index contributed by atoms with van der Waals surface area (Å²) in [5.41, 5.74) is 1.48. The molecule has 0 bridgehead atoms. The van der Waals surface area contributed by atoms with Crippen molar-refractivity contribution < 1.29 is 14.1 Å². The number of carbonyl (C=O) groups is 1. The van der Waals surface area contributed by atoms with Gasteiger partial charge in [-0.25, -0.2) is 0 Å². The van der Waals surface area contributed by atoms with Crippen LogP contribution in [0.25, 0.3) is 11.5 Å². The number of carbonyl (C=O) groups excluding carboxylic acids is 1. The molecule has 126 valence electrons. The third kappa shape index (κ3) is 2.96. The van der Waals surface area contributed by atoms with E-state index in [4.69, 9.17) is 9.26 Å². The number of nitrogens with zero attached hydrogens (tertiary/aromatic N) is 4. The van der Waals surface area contributed by atoms with Gasteiger partial charge >= 0.3 is 0 Å². The molecule has 0 aliphatic carbocycles. The third-order valence-corrected chi connectivity index (χ3v) is 4.19. The lowest BCUT2D eigenvalue weighted by Gasteiger charge is -2.16. The smallest absolute Gasteiger partial charge is 0.232 e. The summed E-state index contributed by atoms with van der Waals surface area (Å²) in [4.78, 5) is 22.7. The molecular formula is C18H16N4O3. The highest BCUT2D eigenvalue weighted by Gasteiger charge is 2.35. The SMILES string of the molecule is COc1ccc(N2C[C@H](c3nc(-c4ccccn4)no3)CC2=O)cc1. The predicted octanol–water partition coefficient (Wildman–Crippen LogP) is 2.66. The van der Waals surface area contributed by atoms with Gasteiger partial charge in [0.1, 0.15) is 11.4 Å². The number of benzene rings is 1. The van der Waals surface area contributed by atoms with Crippen molar-refractivity contribution in [1.29, 1.82) is 0 Å². The van der Waals surface area contributed by atoms with E-state index in [2.05, 4.69) is 15.1 Å². The van der Waals surface area contributed by atoms with E-state index in [1.54, 1.807) is 18.2 Å². The fourth-order valence-corrected chi connectivity index (χ4v) is 2.88. The van der Waals surface area contributed by atoms with E-state index in [0.29, 0.717) is 30.4 Å². The molecule has 25 heavy (non-hydrogen) atoms. The topological polar surface area (TPSA) is 81.3 Å². The molecule has 1 aliphatic rings. The maximum Gasteiger partial charge on any atom is 0.232 e. The van der Waals surface area contributed by atoms with E-state index < -0.39 is 0 Å². The monoisotopic (exact) mass is 336 g/mol. The average molecular weight is 336 g/mol. The van der Waals surface area contributed by atoms with E-state index >= 15 is 0 Å². The van der Waals surface area contributed by atoms with Crippen molar-refractivity contribution in [3.05, 3.63) is 54.6 Å². The zero-order valence-electron chi connectivity index (χ0n) is 13.6. The van der Waals surface area contributed by atoms with Gasteiger partial charge in [0.05, 0.1) is 13.0 Å². The molecule has 2 aromatic heterocycles. The molecule has 1 aliphatic heterocycles. The largest absolute Gasteiger partial charge is 0.497 e. The van der Waals surface area contributed by atoms with Gasteiger partial charge in [-0.3, -0.25) is 9.78 Å². The standard InChI is InChI=1S/C18H16N4O3/c1-24-14-7-5-13(6-8-14)22-11-12(10-16(22)23)18-20-17(21-25-18)15-4-2-3-9-19-15/h2-9,12H,10-11H2,1H3/t12-/m1/s1. The molecule has 1 saturated heterocycles. The van der Waals surface area contributed by atoms with Crippen molar-refractivity contribution in [2.75, 3.05) is 18.6 Å². The zero-order valence-corrected chi connectivity index (χ0v) is 13.6.